The lowest BCUT2D eigenvalue weighted by atomic mass is 10.1. The van der Waals surface area contributed by atoms with Crippen molar-refractivity contribution in [2.24, 2.45) is 5.14 Å². The standard InChI is InChI=1S/C12H17N3O5S/c1-2-3-4-10(12(17)18)15-11(16)9-6-5-8(7-14-9)21(13,19)20/h5-7,10H,2-4H2,1H3,(H,15,16)(H,17,18)(H2,13,19,20). The van der Waals surface area contributed by atoms with Crippen LogP contribution in [0.4, 0.5) is 0 Å². The number of hydrogen-bond acceptors (Lipinski definition) is 5. The first-order valence-corrected chi connectivity index (χ1v) is 7.83. The lowest BCUT2D eigenvalue weighted by Crippen LogP contribution is -2.41. The number of amides is 1. The molecule has 1 aromatic rings. The summed E-state index contributed by atoms with van der Waals surface area (Å²) in [4.78, 5) is 26.3. The van der Waals surface area contributed by atoms with Crippen molar-refractivity contribution in [3.63, 3.8) is 0 Å². The fourth-order valence-electron chi connectivity index (χ4n) is 1.58. The van der Waals surface area contributed by atoms with Gasteiger partial charge in [0.1, 0.15) is 16.6 Å². The number of carbonyl (C=O) groups excluding carboxylic acids is 1. The Balaban J connectivity index is 2.81. The summed E-state index contributed by atoms with van der Waals surface area (Å²) < 4.78 is 22.1. The predicted molar refractivity (Wildman–Crippen MR) is 74.0 cm³/mol. The summed E-state index contributed by atoms with van der Waals surface area (Å²) in [7, 11) is -3.88. The SMILES string of the molecule is CCCCC(NC(=O)c1ccc(S(N)(=O)=O)cn1)C(=O)O. The normalized spacial score (nSPS) is 12.7. The molecule has 1 heterocycles. The van der Waals surface area contributed by atoms with Gasteiger partial charge in [0.05, 0.1) is 0 Å². The van der Waals surface area contributed by atoms with E-state index in [9.17, 15) is 18.0 Å². The molecule has 1 amide bonds. The Morgan fingerprint density at radius 3 is 2.52 bits per heavy atom. The summed E-state index contributed by atoms with van der Waals surface area (Å²) >= 11 is 0. The third-order valence-corrected chi connectivity index (χ3v) is 3.65. The first-order valence-electron chi connectivity index (χ1n) is 6.28. The number of aliphatic carboxylic acids is 1. The van der Waals surface area contributed by atoms with Gasteiger partial charge in [0, 0.05) is 6.20 Å². The Hall–Kier alpha value is -2.00. The Labute approximate surface area is 122 Å². The van der Waals surface area contributed by atoms with Gasteiger partial charge >= 0.3 is 5.97 Å². The second kappa shape index (κ2) is 7.14. The minimum Gasteiger partial charge on any atom is -0.480 e. The number of unbranched alkanes of at least 4 members (excludes halogenated alkanes) is 1. The number of pyridine rings is 1. The summed E-state index contributed by atoms with van der Waals surface area (Å²) in [5.41, 5.74) is -0.0786. The summed E-state index contributed by atoms with van der Waals surface area (Å²) in [6.45, 7) is 1.91. The Bertz CT molecular complexity index is 612. The largest absolute Gasteiger partial charge is 0.480 e. The topological polar surface area (TPSA) is 139 Å². The van der Waals surface area contributed by atoms with Crippen LogP contribution in [0.15, 0.2) is 23.2 Å². The highest BCUT2D eigenvalue weighted by atomic mass is 32.2. The number of primary sulfonamides is 1. The van der Waals surface area contributed by atoms with Crippen molar-refractivity contribution in [3.05, 3.63) is 24.0 Å². The fraction of sp³-hybridized carbons (Fsp3) is 0.417. The van der Waals surface area contributed by atoms with Crippen molar-refractivity contribution in [2.75, 3.05) is 0 Å². The molecule has 1 aromatic heterocycles. The molecule has 8 nitrogen and oxygen atoms in total. The van der Waals surface area contributed by atoms with Crippen LogP contribution in [0.3, 0.4) is 0 Å². The van der Waals surface area contributed by atoms with Gasteiger partial charge in [0.15, 0.2) is 0 Å². The van der Waals surface area contributed by atoms with Gasteiger partial charge in [-0.05, 0) is 18.6 Å². The molecule has 0 bridgehead atoms. The molecule has 1 atom stereocenters. The van der Waals surface area contributed by atoms with Gasteiger partial charge in [-0.25, -0.2) is 23.3 Å². The molecule has 0 radical (unpaired) electrons. The van der Waals surface area contributed by atoms with Crippen LogP contribution < -0.4 is 10.5 Å². The maximum absolute atomic E-state index is 11.9. The lowest BCUT2D eigenvalue weighted by Gasteiger charge is -2.13. The molecule has 0 fully saturated rings. The molecule has 1 unspecified atom stereocenters. The van der Waals surface area contributed by atoms with Crippen molar-refractivity contribution >= 4 is 21.9 Å². The fourth-order valence-corrected chi connectivity index (χ4v) is 2.04. The van der Waals surface area contributed by atoms with Gasteiger partial charge in [-0.3, -0.25) is 4.79 Å². The summed E-state index contributed by atoms with van der Waals surface area (Å²) in [6, 6.07) is 1.31. The van der Waals surface area contributed by atoms with E-state index >= 15 is 0 Å². The Morgan fingerprint density at radius 2 is 2.10 bits per heavy atom. The molecule has 0 saturated carbocycles. The number of aromatic nitrogens is 1. The van der Waals surface area contributed by atoms with E-state index in [0.717, 1.165) is 18.7 Å². The van der Waals surface area contributed by atoms with Crippen molar-refractivity contribution in [3.8, 4) is 0 Å². The second-order valence-corrected chi connectivity index (χ2v) is 5.99. The molecule has 1 rings (SSSR count). The maximum Gasteiger partial charge on any atom is 0.326 e. The Kier molecular flexibility index (Phi) is 5.79. The average Bonchev–Trinajstić information content (AvgIpc) is 2.42. The number of sulfonamides is 1. The van der Waals surface area contributed by atoms with Crippen molar-refractivity contribution in [1.82, 2.24) is 10.3 Å². The van der Waals surface area contributed by atoms with Gasteiger partial charge in [-0.2, -0.15) is 0 Å². The van der Waals surface area contributed by atoms with Crippen molar-refractivity contribution < 1.29 is 23.1 Å². The van der Waals surface area contributed by atoms with Crippen LogP contribution in [-0.4, -0.2) is 36.4 Å². The number of nitrogens with two attached hydrogens (primary N) is 1. The molecule has 0 spiro atoms. The predicted octanol–water partition coefficient (Wildman–Crippen LogP) is 0.102. The van der Waals surface area contributed by atoms with Crippen LogP contribution in [0.5, 0.6) is 0 Å². The summed E-state index contributed by atoms with van der Waals surface area (Å²) in [5.74, 6) is -1.81. The number of carboxylic acid groups (broad SMARTS) is 1. The zero-order chi connectivity index (χ0) is 16.0. The average molecular weight is 315 g/mol. The van der Waals surface area contributed by atoms with E-state index in [2.05, 4.69) is 10.3 Å². The molecule has 0 aliphatic carbocycles. The quantitative estimate of drug-likeness (QED) is 0.652. The third-order valence-electron chi connectivity index (χ3n) is 2.75. The first kappa shape index (κ1) is 17.1. The number of carboxylic acids is 1. The highest BCUT2D eigenvalue weighted by molar-refractivity contribution is 7.89. The van der Waals surface area contributed by atoms with Crippen molar-refractivity contribution in [2.45, 2.75) is 37.1 Å². The van der Waals surface area contributed by atoms with Crippen LogP contribution in [0.2, 0.25) is 0 Å². The molecule has 4 N–H and O–H groups in total. The zero-order valence-electron chi connectivity index (χ0n) is 11.4. The summed E-state index contributed by atoms with van der Waals surface area (Å²) in [5, 5.41) is 16.3. The summed E-state index contributed by atoms with van der Waals surface area (Å²) in [6.07, 6.45) is 2.73. The first-order chi connectivity index (χ1) is 9.75. The van der Waals surface area contributed by atoms with Gasteiger partial charge < -0.3 is 10.4 Å². The smallest absolute Gasteiger partial charge is 0.326 e. The van der Waals surface area contributed by atoms with E-state index in [1.807, 2.05) is 6.92 Å². The molecule has 0 saturated heterocycles. The molecule has 116 valence electrons. The lowest BCUT2D eigenvalue weighted by molar-refractivity contribution is -0.139. The number of rotatable bonds is 7. The molecule has 0 aliphatic heterocycles. The van der Waals surface area contributed by atoms with Gasteiger partial charge in [0.2, 0.25) is 10.0 Å². The van der Waals surface area contributed by atoms with E-state index in [-0.39, 0.29) is 10.6 Å². The van der Waals surface area contributed by atoms with E-state index in [0.29, 0.717) is 12.8 Å². The highest BCUT2D eigenvalue weighted by Gasteiger charge is 2.21. The molecule has 0 aromatic carbocycles. The maximum atomic E-state index is 11.9. The van der Waals surface area contributed by atoms with Crippen LogP contribution in [0.1, 0.15) is 36.7 Å². The van der Waals surface area contributed by atoms with E-state index < -0.39 is 27.9 Å². The van der Waals surface area contributed by atoms with Crippen LogP contribution in [0.25, 0.3) is 0 Å². The van der Waals surface area contributed by atoms with Gasteiger partial charge in [0.25, 0.3) is 5.91 Å². The molecule has 9 heteroatoms. The number of nitrogens with zero attached hydrogens (tertiary/aromatic N) is 1. The third kappa shape index (κ3) is 5.12. The van der Waals surface area contributed by atoms with Gasteiger partial charge in [-0.15, -0.1) is 0 Å². The minimum absolute atomic E-state index is 0.0786. The molecular formula is C12H17N3O5S. The number of hydrogen-bond donors (Lipinski definition) is 3. The molecule has 0 aliphatic rings. The minimum atomic E-state index is -3.88. The number of nitrogens with one attached hydrogen (secondary N) is 1. The van der Waals surface area contributed by atoms with Crippen LogP contribution >= 0.6 is 0 Å². The van der Waals surface area contributed by atoms with E-state index in [1.54, 1.807) is 0 Å². The molecule has 21 heavy (non-hydrogen) atoms. The van der Waals surface area contributed by atoms with E-state index in [1.165, 1.54) is 6.07 Å². The zero-order valence-corrected chi connectivity index (χ0v) is 12.3. The van der Waals surface area contributed by atoms with Gasteiger partial charge in [-0.1, -0.05) is 19.8 Å². The monoisotopic (exact) mass is 315 g/mol. The Morgan fingerprint density at radius 1 is 1.43 bits per heavy atom. The van der Waals surface area contributed by atoms with Crippen LogP contribution in [0, 0.1) is 0 Å². The van der Waals surface area contributed by atoms with E-state index in [4.69, 9.17) is 10.2 Å². The highest BCUT2D eigenvalue weighted by Crippen LogP contribution is 2.07. The number of carbonyl (C=O) groups is 2. The van der Waals surface area contributed by atoms with Crippen LogP contribution in [-0.2, 0) is 14.8 Å². The molecular weight excluding hydrogens is 298 g/mol. The second-order valence-electron chi connectivity index (χ2n) is 4.43. The van der Waals surface area contributed by atoms with Crippen molar-refractivity contribution in [1.29, 1.82) is 0 Å².